The molecule has 2 aliphatic carbocycles. The van der Waals surface area contributed by atoms with Gasteiger partial charge in [-0.3, -0.25) is 14.8 Å². The van der Waals surface area contributed by atoms with E-state index >= 15 is 8.78 Å². The zero-order valence-electron chi connectivity index (χ0n) is 23.0. The van der Waals surface area contributed by atoms with Gasteiger partial charge in [-0.2, -0.15) is 0 Å². The zero-order chi connectivity index (χ0) is 27.9. The number of β-amino-alcohol motifs (C(OH)–C–C–N with tert-alkyl or cyclic N) is 1. The predicted molar refractivity (Wildman–Crippen MR) is 156 cm³/mol. The van der Waals surface area contributed by atoms with Crippen molar-refractivity contribution in [1.29, 1.82) is 0 Å². The Kier molecular flexibility index (Phi) is 7.19. The van der Waals surface area contributed by atoms with Crippen molar-refractivity contribution in [2.24, 2.45) is 0 Å². The third kappa shape index (κ3) is 5.11. The van der Waals surface area contributed by atoms with E-state index in [0.717, 1.165) is 66.6 Å². The molecule has 2 heterocycles. The number of hydrogen-bond acceptors (Lipinski definition) is 5. The van der Waals surface area contributed by atoms with Crippen LogP contribution in [0.25, 0.3) is 10.9 Å². The first-order valence-electron chi connectivity index (χ1n) is 14.7. The molecule has 0 bridgehead atoms. The molecule has 1 aliphatic heterocycles. The maximum absolute atomic E-state index is 15.9. The molecular weight excluding hydrogens is 520 g/mol. The van der Waals surface area contributed by atoms with Crippen molar-refractivity contribution in [3.05, 3.63) is 107 Å². The van der Waals surface area contributed by atoms with Crippen LogP contribution in [0.15, 0.2) is 79.0 Å². The van der Waals surface area contributed by atoms with Crippen LogP contribution in [0.1, 0.15) is 65.0 Å². The molecule has 41 heavy (non-hydrogen) atoms. The number of alkyl halides is 2. The molecular formula is C34H35F2N3O2. The van der Waals surface area contributed by atoms with Gasteiger partial charge in [0.05, 0.1) is 11.6 Å². The van der Waals surface area contributed by atoms with Gasteiger partial charge in [-0.15, -0.1) is 0 Å². The lowest BCUT2D eigenvalue weighted by molar-refractivity contribution is 0.0403. The van der Waals surface area contributed by atoms with Crippen LogP contribution < -0.4 is 4.74 Å². The third-order valence-electron chi connectivity index (χ3n) is 8.88. The van der Waals surface area contributed by atoms with Gasteiger partial charge in [0, 0.05) is 44.3 Å². The summed E-state index contributed by atoms with van der Waals surface area (Å²) in [6.07, 6.45) is -0.149. The molecule has 1 aromatic heterocycles. The monoisotopic (exact) mass is 555 g/mol. The van der Waals surface area contributed by atoms with E-state index < -0.39 is 18.4 Å². The molecule has 3 aliphatic rings. The molecule has 212 valence electrons. The number of fused-ring (bicyclic) bond motifs is 3. The Morgan fingerprint density at radius 1 is 0.805 bits per heavy atom. The Morgan fingerprint density at radius 3 is 2.34 bits per heavy atom. The van der Waals surface area contributed by atoms with Gasteiger partial charge in [0.1, 0.15) is 18.5 Å². The summed E-state index contributed by atoms with van der Waals surface area (Å²) in [5, 5.41) is 11.7. The number of benzene rings is 3. The molecule has 1 N–H and O–H groups in total. The van der Waals surface area contributed by atoms with E-state index in [0.29, 0.717) is 29.3 Å². The molecule has 0 amide bonds. The summed E-state index contributed by atoms with van der Waals surface area (Å²) in [4.78, 5) is 8.98. The van der Waals surface area contributed by atoms with Gasteiger partial charge in [0.25, 0.3) is 0 Å². The lowest BCUT2D eigenvalue weighted by Gasteiger charge is -2.40. The van der Waals surface area contributed by atoms with Gasteiger partial charge in [-0.05, 0) is 70.8 Å². The summed E-state index contributed by atoms with van der Waals surface area (Å²) < 4.78 is 37.7. The highest BCUT2D eigenvalue weighted by Gasteiger charge is 2.42. The molecule has 4 aromatic rings. The molecule has 3 unspecified atom stereocenters. The van der Waals surface area contributed by atoms with E-state index in [4.69, 9.17) is 4.74 Å². The van der Waals surface area contributed by atoms with E-state index in [9.17, 15) is 5.11 Å². The average molecular weight is 556 g/mol. The first-order chi connectivity index (χ1) is 20.1. The van der Waals surface area contributed by atoms with Crippen LogP contribution in [0.3, 0.4) is 0 Å². The lowest BCUT2D eigenvalue weighted by Crippen LogP contribution is -2.50. The van der Waals surface area contributed by atoms with Gasteiger partial charge in [0.15, 0.2) is 12.3 Å². The maximum Gasteiger partial charge on any atom is 0.161 e. The highest BCUT2D eigenvalue weighted by Crippen LogP contribution is 2.53. The molecule has 3 aromatic carbocycles. The average Bonchev–Trinajstić information content (AvgIpc) is 3.86. The molecule has 1 saturated heterocycles. The van der Waals surface area contributed by atoms with Crippen molar-refractivity contribution < 1.29 is 18.6 Å². The molecule has 1 saturated carbocycles. The third-order valence-corrected chi connectivity index (χ3v) is 8.88. The molecule has 0 radical (unpaired) electrons. The second kappa shape index (κ2) is 11.1. The van der Waals surface area contributed by atoms with E-state index in [1.54, 1.807) is 12.3 Å². The first-order valence-corrected chi connectivity index (χ1v) is 14.7. The number of aliphatic hydroxyl groups is 1. The first kappa shape index (κ1) is 26.5. The van der Waals surface area contributed by atoms with Crippen LogP contribution in [0.5, 0.6) is 5.75 Å². The Hall–Kier alpha value is -3.39. The van der Waals surface area contributed by atoms with Crippen molar-refractivity contribution in [3.8, 4) is 5.75 Å². The Labute approximate surface area is 239 Å². The van der Waals surface area contributed by atoms with Crippen LogP contribution in [0, 0.1) is 0 Å². The van der Waals surface area contributed by atoms with E-state index in [2.05, 4.69) is 14.8 Å². The second-order valence-electron chi connectivity index (χ2n) is 11.6. The highest BCUT2D eigenvalue weighted by molar-refractivity contribution is 5.84. The minimum atomic E-state index is -1.68. The van der Waals surface area contributed by atoms with E-state index in [1.807, 2.05) is 66.7 Å². The van der Waals surface area contributed by atoms with Crippen molar-refractivity contribution >= 4 is 10.9 Å². The number of piperazine rings is 1. The molecule has 0 spiro atoms. The summed E-state index contributed by atoms with van der Waals surface area (Å²) in [6.45, 7) is 3.68. The summed E-state index contributed by atoms with van der Waals surface area (Å²) in [5.41, 5.74) is 4.64. The van der Waals surface area contributed by atoms with Gasteiger partial charge < -0.3 is 9.84 Å². The molecule has 7 rings (SSSR count). The smallest absolute Gasteiger partial charge is 0.161 e. The van der Waals surface area contributed by atoms with Crippen molar-refractivity contribution in [1.82, 2.24) is 14.8 Å². The van der Waals surface area contributed by atoms with Crippen molar-refractivity contribution in [2.75, 3.05) is 39.3 Å². The number of aliphatic hydroxyl groups excluding tert-OH is 1. The van der Waals surface area contributed by atoms with Gasteiger partial charge in [-0.25, -0.2) is 8.78 Å². The Bertz CT molecular complexity index is 1530. The molecule has 7 heteroatoms. The number of halogens is 2. The second-order valence-corrected chi connectivity index (χ2v) is 11.6. The minimum Gasteiger partial charge on any atom is -0.490 e. The number of aromatic nitrogens is 1. The standard InChI is InChI=1S/C34H35F2N3O2/c35-32-25-6-1-2-7-26(25)34(28-9-3-8-24(22-13-14-22)31(28)33(32)36)39-18-16-38(17-19-39)20-23(40)21-41-30-12-4-11-29-27(30)10-5-15-37-29/h1-12,15,22-23,32-34,40H,13-14,16-21H2/t23?,32?,33-,34?/m1/s1. The quantitative estimate of drug-likeness (QED) is 0.290. The summed E-state index contributed by atoms with van der Waals surface area (Å²) in [5.74, 6) is 1.05. The summed E-state index contributed by atoms with van der Waals surface area (Å²) in [7, 11) is 0. The number of ether oxygens (including phenoxy) is 1. The Balaban J connectivity index is 1.06. The summed E-state index contributed by atoms with van der Waals surface area (Å²) >= 11 is 0. The number of rotatable bonds is 7. The van der Waals surface area contributed by atoms with Gasteiger partial charge in [-0.1, -0.05) is 48.5 Å². The fourth-order valence-electron chi connectivity index (χ4n) is 6.73. The van der Waals surface area contributed by atoms with Crippen LogP contribution in [0.2, 0.25) is 0 Å². The molecule has 2 fully saturated rings. The van der Waals surface area contributed by atoms with E-state index in [1.165, 1.54) is 0 Å². The molecule has 4 atom stereocenters. The number of pyridine rings is 1. The van der Waals surface area contributed by atoms with Gasteiger partial charge in [0.2, 0.25) is 0 Å². The normalized spacial score (nSPS) is 23.9. The largest absolute Gasteiger partial charge is 0.490 e. The highest BCUT2D eigenvalue weighted by atomic mass is 19.2. The predicted octanol–water partition coefficient (Wildman–Crippen LogP) is 6.29. The minimum absolute atomic E-state index is 0.192. The summed E-state index contributed by atoms with van der Waals surface area (Å²) in [6, 6.07) is 22.9. The maximum atomic E-state index is 15.9. The zero-order valence-corrected chi connectivity index (χ0v) is 23.0. The topological polar surface area (TPSA) is 48.8 Å². The molecule has 5 nitrogen and oxygen atoms in total. The van der Waals surface area contributed by atoms with E-state index in [-0.39, 0.29) is 12.6 Å². The van der Waals surface area contributed by atoms with Crippen molar-refractivity contribution in [3.63, 3.8) is 0 Å². The van der Waals surface area contributed by atoms with Crippen LogP contribution in [-0.4, -0.2) is 65.3 Å². The van der Waals surface area contributed by atoms with Crippen LogP contribution >= 0.6 is 0 Å². The number of nitrogens with zero attached hydrogens (tertiary/aromatic N) is 3. The van der Waals surface area contributed by atoms with Crippen LogP contribution in [0.4, 0.5) is 8.78 Å². The fraction of sp³-hybridized carbons (Fsp3) is 0.382. The Morgan fingerprint density at radius 2 is 1.54 bits per heavy atom. The van der Waals surface area contributed by atoms with Crippen molar-refractivity contribution in [2.45, 2.75) is 43.2 Å². The lowest BCUT2D eigenvalue weighted by atomic mass is 9.89. The SMILES string of the molecule is OC(COc1cccc2ncccc12)CN1CCN(C2c3ccccc3C(F)[C@H](F)c3c(C4CC4)cccc32)CC1. The van der Waals surface area contributed by atoms with Crippen LogP contribution in [-0.2, 0) is 0 Å². The number of hydrogen-bond donors (Lipinski definition) is 1. The fourth-order valence-corrected chi connectivity index (χ4v) is 6.73. The van der Waals surface area contributed by atoms with Gasteiger partial charge >= 0.3 is 0 Å².